The number of rotatable bonds is 4. The van der Waals surface area contributed by atoms with Gasteiger partial charge >= 0.3 is 18.9 Å². The molecule has 0 aromatic heterocycles. The van der Waals surface area contributed by atoms with Gasteiger partial charge in [-0.3, -0.25) is 4.79 Å². The van der Waals surface area contributed by atoms with Crippen molar-refractivity contribution in [2.45, 2.75) is 40.0 Å². The maximum Gasteiger partial charge on any atom is 1.00 e. The molecule has 0 saturated carbocycles. The summed E-state index contributed by atoms with van der Waals surface area (Å²) < 4.78 is 0. The standard InChI is InChI=1S/C25H27OP.Li/c1-17-15-20(25(3,4)5)16-18(2)23(17)24(26)27-22-14-10-9-13-21(22)19-11-7-6-8-12-19;/h6-16,27H,1-5H3;/q;+1. The van der Waals surface area contributed by atoms with Gasteiger partial charge in [0, 0.05) is 5.56 Å². The van der Waals surface area contributed by atoms with Gasteiger partial charge in [-0.1, -0.05) is 87.5 Å². The Morgan fingerprint density at radius 3 is 1.93 bits per heavy atom. The van der Waals surface area contributed by atoms with Gasteiger partial charge in [0.15, 0.2) is 5.52 Å². The molecule has 3 aromatic rings. The first-order valence-corrected chi connectivity index (χ1v) is 10.3. The van der Waals surface area contributed by atoms with Crippen LogP contribution in [0.15, 0.2) is 66.7 Å². The third-order valence-electron chi connectivity index (χ3n) is 4.89. The molecule has 0 radical (unpaired) electrons. The Morgan fingerprint density at radius 1 is 0.821 bits per heavy atom. The first-order chi connectivity index (χ1) is 12.8. The molecule has 0 N–H and O–H groups in total. The van der Waals surface area contributed by atoms with Gasteiger partial charge in [-0.2, -0.15) is 0 Å². The van der Waals surface area contributed by atoms with Crippen LogP contribution in [-0.4, -0.2) is 5.52 Å². The fourth-order valence-electron chi connectivity index (χ4n) is 3.40. The minimum Gasteiger partial charge on any atom is -0.289 e. The Balaban J connectivity index is 0.00000280. The van der Waals surface area contributed by atoms with Crippen molar-refractivity contribution >= 4 is 19.4 Å². The molecule has 1 nitrogen and oxygen atoms in total. The topological polar surface area (TPSA) is 17.1 Å². The predicted molar refractivity (Wildman–Crippen MR) is 119 cm³/mol. The fourth-order valence-corrected chi connectivity index (χ4v) is 4.71. The number of benzene rings is 3. The molecule has 0 bridgehead atoms. The normalized spacial score (nSPS) is 11.5. The number of carbonyl (C=O) groups is 1. The molecular formula is C25H27LiOP+. The van der Waals surface area contributed by atoms with Crippen molar-refractivity contribution < 1.29 is 23.7 Å². The Kier molecular flexibility index (Phi) is 7.47. The molecule has 0 aliphatic carbocycles. The van der Waals surface area contributed by atoms with E-state index in [0.29, 0.717) is 0 Å². The average molecular weight is 381 g/mol. The van der Waals surface area contributed by atoms with Crippen LogP contribution in [-0.2, 0) is 5.41 Å². The average Bonchev–Trinajstić information content (AvgIpc) is 2.61. The van der Waals surface area contributed by atoms with Crippen molar-refractivity contribution in [3.8, 4) is 11.1 Å². The van der Waals surface area contributed by atoms with E-state index in [0.717, 1.165) is 33.1 Å². The van der Waals surface area contributed by atoms with E-state index in [1.165, 1.54) is 5.56 Å². The van der Waals surface area contributed by atoms with Crippen LogP contribution in [0.1, 0.15) is 47.8 Å². The molecule has 0 aliphatic rings. The van der Waals surface area contributed by atoms with E-state index in [9.17, 15) is 4.79 Å². The molecule has 138 valence electrons. The van der Waals surface area contributed by atoms with Gasteiger partial charge < -0.3 is 0 Å². The van der Waals surface area contributed by atoms with E-state index in [2.05, 4.69) is 71.0 Å². The molecule has 3 rings (SSSR count). The molecule has 1 unspecified atom stereocenters. The Morgan fingerprint density at radius 2 is 1.36 bits per heavy atom. The van der Waals surface area contributed by atoms with Crippen molar-refractivity contribution in [3.63, 3.8) is 0 Å². The molecule has 0 spiro atoms. The summed E-state index contributed by atoms with van der Waals surface area (Å²) in [4.78, 5) is 13.2. The molecule has 0 aliphatic heterocycles. The van der Waals surface area contributed by atoms with Crippen LogP contribution < -0.4 is 24.2 Å². The Bertz CT molecular complexity index is 948. The van der Waals surface area contributed by atoms with Crippen LogP contribution in [0.5, 0.6) is 0 Å². The minimum absolute atomic E-state index is 0. The molecular weight excluding hydrogens is 354 g/mol. The zero-order valence-electron chi connectivity index (χ0n) is 17.8. The van der Waals surface area contributed by atoms with Crippen molar-refractivity contribution in [1.29, 1.82) is 0 Å². The van der Waals surface area contributed by atoms with Crippen molar-refractivity contribution in [1.82, 2.24) is 0 Å². The van der Waals surface area contributed by atoms with Crippen LogP contribution in [0.4, 0.5) is 0 Å². The molecule has 28 heavy (non-hydrogen) atoms. The summed E-state index contributed by atoms with van der Waals surface area (Å²) in [7, 11) is 0.117. The van der Waals surface area contributed by atoms with Gasteiger partial charge in [0.1, 0.15) is 0 Å². The molecule has 0 heterocycles. The number of hydrogen-bond donors (Lipinski definition) is 0. The number of aryl methyl sites for hydroxylation is 2. The second-order valence-corrected chi connectivity index (χ2v) is 9.34. The summed E-state index contributed by atoms with van der Waals surface area (Å²) >= 11 is 0. The first kappa shape index (κ1) is 22.6. The van der Waals surface area contributed by atoms with E-state index in [4.69, 9.17) is 0 Å². The van der Waals surface area contributed by atoms with Gasteiger partial charge in [0.25, 0.3) is 0 Å². The van der Waals surface area contributed by atoms with Crippen LogP contribution in [0, 0.1) is 13.8 Å². The Hall–Kier alpha value is -1.64. The fraction of sp³-hybridized carbons (Fsp3) is 0.240. The van der Waals surface area contributed by atoms with Crippen LogP contribution >= 0.6 is 8.58 Å². The Labute approximate surface area is 182 Å². The maximum atomic E-state index is 13.2. The van der Waals surface area contributed by atoms with Crippen LogP contribution in [0.25, 0.3) is 11.1 Å². The zero-order valence-corrected chi connectivity index (χ0v) is 18.8. The van der Waals surface area contributed by atoms with E-state index in [1.807, 2.05) is 30.3 Å². The van der Waals surface area contributed by atoms with Crippen LogP contribution in [0.2, 0.25) is 0 Å². The quantitative estimate of drug-likeness (QED) is 0.500. The van der Waals surface area contributed by atoms with Gasteiger partial charge in [-0.25, -0.2) is 0 Å². The molecule has 3 heteroatoms. The molecule has 1 atom stereocenters. The second kappa shape index (κ2) is 9.24. The third kappa shape index (κ3) is 5.04. The van der Waals surface area contributed by atoms with E-state index < -0.39 is 0 Å². The largest absolute Gasteiger partial charge is 1.00 e. The summed E-state index contributed by atoms with van der Waals surface area (Å²) in [6, 6.07) is 22.9. The minimum atomic E-state index is 0. The van der Waals surface area contributed by atoms with Gasteiger partial charge in [-0.15, -0.1) is 0 Å². The third-order valence-corrected chi connectivity index (χ3v) is 6.07. The summed E-state index contributed by atoms with van der Waals surface area (Å²) in [5.41, 5.74) is 6.92. The van der Waals surface area contributed by atoms with Gasteiger partial charge in [-0.05, 0) is 61.0 Å². The smallest absolute Gasteiger partial charge is 0.289 e. The van der Waals surface area contributed by atoms with E-state index in [1.54, 1.807) is 0 Å². The van der Waals surface area contributed by atoms with Crippen LogP contribution in [0.3, 0.4) is 0 Å². The molecule has 0 saturated heterocycles. The number of carbonyl (C=O) groups excluding carboxylic acids is 1. The van der Waals surface area contributed by atoms with E-state index >= 15 is 0 Å². The monoisotopic (exact) mass is 381 g/mol. The van der Waals surface area contributed by atoms with Crippen molar-refractivity contribution in [2.75, 3.05) is 0 Å². The van der Waals surface area contributed by atoms with Crippen molar-refractivity contribution in [3.05, 3.63) is 89.0 Å². The van der Waals surface area contributed by atoms with Gasteiger partial charge in [0.2, 0.25) is 0 Å². The predicted octanol–water partition coefficient (Wildman–Crippen LogP) is 3.42. The second-order valence-electron chi connectivity index (χ2n) is 8.10. The molecule has 3 aromatic carbocycles. The summed E-state index contributed by atoms with van der Waals surface area (Å²) in [5, 5.41) is 1.10. The molecule has 0 amide bonds. The summed E-state index contributed by atoms with van der Waals surface area (Å²) in [6.45, 7) is 10.7. The van der Waals surface area contributed by atoms with Gasteiger partial charge in [0.05, 0.1) is 0 Å². The maximum absolute atomic E-state index is 13.2. The summed E-state index contributed by atoms with van der Waals surface area (Å²) in [6.07, 6.45) is 0. The first-order valence-electron chi connectivity index (χ1n) is 9.35. The number of hydrogen-bond acceptors (Lipinski definition) is 1. The molecule has 0 fully saturated rings. The van der Waals surface area contributed by atoms with E-state index in [-0.39, 0.29) is 38.4 Å². The zero-order chi connectivity index (χ0) is 19.6. The van der Waals surface area contributed by atoms with Crippen molar-refractivity contribution in [2.24, 2.45) is 0 Å². The summed E-state index contributed by atoms with van der Waals surface area (Å²) in [5.74, 6) is 0. The SMILES string of the molecule is Cc1cc(C(C)(C)C)cc(C)c1C(=O)Pc1ccccc1-c1ccccc1.[Li+].